The Morgan fingerprint density at radius 2 is 0.576 bits per heavy atom. The number of ketones is 1. The van der Waals surface area contributed by atoms with E-state index in [-0.39, 0.29) is 5.78 Å². The Morgan fingerprint density at radius 1 is 0.273 bits per heavy atom. The first kappa shape index (κ1) is 38.7. The van der Waals surface area contributed by atoms with Crippen LogP contribution in [0.2, 0.25) is 0 Å². The molecule has 0 amide bonds. The van der Waals surface area contributed by atoms with E-state index in [9.17, 15) is 4.79 Å². The fourth-order valence-electron chi connectivity index (χ4n) is 9.65. The molecule has 2 heterocycles. The van der Waals surface area contributed by atoms with Crippen molar-refractivity contribution in [3.8, 4) is 11.4 Å². The van der Waals surface area contributed by atoms with E-state index in [1.165, 1.54) is 10.8 Å². The SMILES string of the molecule is O=C(c1ccc(-n2c3ccccc3c3cc(N(c4ccccc4)c4ccccc4)ccc32)cc1)c1ccc(-n2c3ccccc3c3cc(N(c4ccccc4)c4ccccc4)ccc32)cc1. The monoisotopic (exact) mass is 846 g/mol. The maximum absolute atomic E-state index is 14.1. The minimum Gasteiger partial charge on any atom is -0.310 e. The second-order valence-electron chi connectivity index (χ2n) is 16.5. The molecule has 0 radical (unpaired) electrons. The Hall–Kier alpha value is -8.93. The predicted octanol–water partition coefficient (Wildman–Crippen LogP) is 16.1. The van der Waals surface area contributed by atoms with E-state index in [1.807, 2.05) is 48.5 Å². The van der Waals surface area contributed by atoms with Crippen molar-refractivity contribution in [3.63, 3.8) is 0 Å². The minimum atomic E-state index is -0.0179. The standard InChI is InChI=1S/C61H42N4O/c66-61(43-29-33-49(34-30-43)64-57-27-15-13-25-53(57)55-41-51(37-39-59(55)64)62(45-17-5-1-6-18-45)46-19-7-2-8-20-46)44-31-35-50(36-32-44)65-58-28-16-14-26-54(58)56-42-52(38-40-60(56)65)63(47-21-9-3-10-22-47)48-23-11-4-12-24-48/h1-42H. The van der Waals surface area contributed by atoms with E-state index in [0.29, 0.717) is 11.1 Å². The number of carbonyl (C=O) groups is 1. The number of hydrogen-bond donors (Lipinski definition) is 0. The zero-order valence-corrected chi connectivity index (χ0v) is 35.9. The van der Waals surface area contributed by atoms with Crippen LogP contribution >= 0.6 is 0 Å². The summed E-state index contributed by atoms with van der Waals surface area (Å²) in [6.45, 7) is 0. The van der Waals surface area contributed by atoms with Crippen molar-refractivity contribution in [1.82, 2.24) is 9.13 Å². The molecule has 0 fully saturated rings. The highest BCUT2D eigenvalue weighted by molar-refractivity contribution is 6.13. The van der Waals surface area contributed by atoms with E-state index in [2.05, 4.69) is 225 Å². The average molecular weight is 847 g/mol. The second-order valence-corrected chi connectivity index (χ2v) is 16.5. The Kier molecular flexibility index (Phi) is 9.58. The van der Waals surface area contributed by atoms with Gasteiger partial charge in [-0.05, 0) is 146 Å². The lowest BCUT2D eigenvalue weighted by atomic mass is 10.0. The van der Waals surface area contributed by atoms with Crippen molar-refractivity contribution >= 4 is 83.5 Å². The molecule has 12 aromatic rings. The van der Waals surface area contributed by atoms with E-state index in [0.717, 1.165) is 78.3 Å². The zero-order chi connectivity index (χ0) is 44.0. The molecule has 0 spiro atoms. The number of fused-ring (bicyclic) bond motifs is 6. The van der Waals surface area contributed by atoms with Gasteiger partial charge in [-0.1, -0.05) is 109 Å². The first-order valence-corrected chi connectivity index (χ1v) is 22.3. The van der Waals surface area contributed by atoms with Crippen LogP contribution in [-0.4, -0.2) is 14.9 Å². The highest BCUT2D eigenvalue weighted by Gasteiger charge is 2.20. The Bertz CT molecular complexity index is 3370. The number of nitrogens with zero attached hydrogens (tertiary/aromatic N) is 4. The largest absolute Gasteiger partial charge is 0.310 e. The summed E-state index contributed by atoms with van der Waals surface area (Å²) in [7, 11) is 0. The number of para-hydroxylation sites is 6. The summed E-state index contributed by atoms with van der Waals surface area (Å²) in [4.78, 5) is 18.7. The fraction of sp³-hybridized carbons (Fsp3) is 0. The lowest BCUT2D eigenvalue weighted by Gasteiger charge is -2.25. The number of benzene rings is 10. The van der Waals surface area contributed by atoms with Crippen molar-refractivity contribution in [1.29, 1.82) is 0 Å². The highest BCUT2D eigenvalue weighted by Crippen LogP contribution is 2.41. The summed E-state index contributed by atoms with van der Waals surface area (Å²) in [5.74, 6) is -0.0179. The molecule has 0 atom stereocenters. The first-order valence-electron chi connectivity index (χ1n) is 22.3. The third kappa shape index (κ3) is 6.70. The number of rotatable bonds is 10. The Morgan fingerprint density at radius 3 is 0.924 bits per heavy atom. The molecule has 0 saturated carbocycles. The molecule has 0 aliphatic rings. The second kappa shape index (κ2) is 16.3. The molecule has 5 nitrogen and oxygen atoms in total. The van der Waals surface area contributed by atoms with Gasteiger partial charge in [0.1, 0.15) is 0 Å². The number of aromatic nitrogens is 2. The highest BCUT2D eigenvalue weighted by atomic mass is 16.1. The van der Waals surface area contributed by atoms with Crippen molar-refractivity contribution < 1.29 is 4.79 Å². The fourth-order valence-corrected chi connectivity index (χ4v) is 9.65. The van der Waals surface area contributed by atoms with Gasteiger partial charge < -0.3 is 18.9 Å². The number of anilines is 6. The van der Waals surface area contributed by atoms with Crippen LogP contribution in [0, 0.1) is 0 Å². The molecule has 0 aliphatic heterocycles. The minimum absolute atomic E-state index is 0.0179. The average Bonchev–Trinajstić information content (AvgIpc) is 3.90. The summed E-state index contributed by atoms with van der Waals surface area (Å²) in [5, 5.41) is 4.65. The van der Waals surface area contributed by atoms with Crippen molar-refractivity contribution in [2.24, 2.45) is 0 Å². The van der Waals surface area contributed by atoms with Gasteiger partial charge in [-0.2, -0.15) is 0 Å². The molecule has 0 N–H and O–H groups in total. The third-order valence-electron chi connectivity index (χ3n) is 12.7. The molecule has 5 heteroatoms. The van der Waals surface area contributed by atoms with Gasteiger partial charge in [-0.3, -0.25) is 4.79 Å². The van der Waals surface area contributed by atoms with Crippen LogP contribution in [0.1, 0.15) is 15.9 Å². The molecule has 12 rings (SSSR count). The van der Waals surface area contributed by atoms with E-state index in [4.69, 9.17) is 0 Å². The topological polar surface area (TPSA) is 33.4 Å². The van der Waals surface area contributed by atoms with Gasteiger partial charge in [0.15, 0.2) is 5.78 Å². The van der Waals surface area contributed by atoms with Crippen molar-refractivity contribution in [2.45, 2.75) is 0 Å². The zero-order valence-electron chi connectivity index (χ0n) is 35.9. The molecule has 0 unspecified atom stereocenters. The molecule has 10 aromatic carbocycles. The van der Waals surface area contributed by atoms with Crippen molar-refractivity contribution in [2.75, 3.05) is 9.80 Å². The molecule has 0 aliphatic carbocycles. The number of carbonyl (C=O) groups excluding carboxylic acids is 1. The quantitative estimate of drug-likeness (QED) is 0.129. The summed E-state index contributed by atoms with van der Waals surface area (Å²) in [5.41, 5.74) is 14.2. The molecule has 66 heavy (non-hydrogen) atoms. The number of hydrogen-bond acceptors (Lipinski definition) is 3. The van der Waals surface area contributed by atoms with Gasteiger partial charge in [0.2, 0.25) is 0 Å². The van der Waals surface area contributed by atoms with Gasteiger partial charge in [0, 0.05) is 78.2 Å². The van der Waals surface area contributed by atoms with Crippen LogP contribution in [0.15, 0.2) is 255 Å². The third-order valence-corrected chi connectivity index (χ3v) is 12.7. The van der Waals surface area contributed by atoms with E-state index in [1.54, 1.807) is 0 Å². The summed E-state index contributed by atoms with van der Waals surface area (Å²) in [6.07, 6.45) is 0. The lowest BCUT2D eigenvalue weighted by Crippen LogP contribution is -2.09. The molecule has 0 saturated heterocycles. The van der Waals surface area contributed by atoms with E-state index >= 15 is 0 Å². The summed E-state index contributed by atoms with van der Waals surface area (Å²) < 4.78 is 4.59. The summed E-state index contributed by atoms with van der Waals surface area (Å²) in [6, 6.07) is 88.5. The van der Waals surface area contributed by atoms with Gasteiger partial charge in [0.05, 0.1) is 22.1 Å². The maximum Gasteiger partial charge on any atom is 0.193 e. The van der Waals surface area contributed by atoms with Gasteiger partial charge in [-0.15, -0.1) is 0 Å². The Balaban J connectivity index is 0.864. The predicted molar refractivity (Wildman–Crippen MR) is 274 cm³/mol. The van der Waals surface area contributed by atoms with Gasteiger partial charge in [0.25, 0.3) is 0 Å². The Labute approximate surface area is 382 Å². The smallest absolute Gasteiger partial charge is 0.193 e. The summed E-state index contributed by atoms with van der Waals surface area (Å²) >= 11 is 0. The van der Waals surface area contributed by atoms with Crippen LogP contribution in [0.4, 0.5) is 34.1 Å². The molecule has 0 bridgehead atoms. The van der Waals surface area contributed by atoms with Crippen LogP contribution in [0.3, 0.4) is 0 Å². The van der Waals surface area contributed by atoms with Gasteiger partial charge in [-0.25, -0.2) is 0 Å². The van der Waals surface area contributed by atoms with Crippen LogP contribution < -0.4 is 9.80 Å². The normalized spacial score (nSPS) is 11.4. The maximum atomic E-state index is 14.1. The molecule has 312 valence electrons. The molecular formula is C61H42N4O. The van der Waals surface area contributed by atoms with Gasteiger partial charge >= 0.3 is 0 Å². The first-order chi connectivity index (χ1) is 32.7. The molecule has 2 aromatic heterocycles. The van der Waals surface area contributed by atoms with E-state index < -0.39 is 0 Å². The van der Waals surface area contributed by atoms with Crippen molar-refractivity contribution in [3.05, 3.63) is 266 Å². The lowest BCUT2D eigenvalue weighted by molar-refractivity contribution is 0.103. The van der Waals surface area contributed by atoms with Crippen LogP contribution in [0.5, 0.6) is 0 Å². The molecular weight excluding hydrogens is 805 g/mol. The van der Waals surface area contributed by atoms with Crippen LogP contribution in [-0.2, 0) is 0 Å². The van der Waals surface area contributed by atoms with Crippen LogP contribution in [0.25, 0.3) is 55.0 Å².